The van der Waals surface area contributed by atoms with Crippen LogP contribution in [0.4, 0.5) is 5.95 Å². The van der Waals surface area contributed by atoms with Gasteiger partial charge in [-0.05, 0) is 36.5 Å². The van der Waals surface area contributed by atoms with Crippen LogP contribution in [0.5, 0.6) is 0 Å². The maximum Gasteiger partial charge on any atom is 0.201 e. The van der Waals surface area contributed by atoms with E-state index in [1.807, 2.05) is 18.2 Å². The van der Waals surface area contributed by atoms with Crippen LogP contribution in [0.1, 0.15) is 19.8 Å². The monoisotopic (exact) mass is 235 g/mol. The molecule has 0 atom stereocenters. The Bertz CT molecular complexity index is 555. The number of anilines is 1. The zero-order valence-corrected chi connectivity index (χ0v) is 9.96. The molecule has 0 unspecified atom stereocenters. The maximum absolute atomic E-state index is 5.95. The van der Waals surface area contributed by atoms with Gasteiger partial charge in [-0.15, -0.1) is 0 Å². The van der Waals surface area contributed by atoms with Crippen LogP contribution >= 0.6 is 11.6 Å². The van der Waals surface area contributed by atoms with E-state index >= 15 is 0 Å². The molecule has 0 spiro atoms. The number of nitrogens with two attached hydrogens (primary N) is 1. The third-order valence-electron chi connectivity index (χ3n) is 3.38. The van der Waals surface area contributed by atoms with E-state index in [9.17, 15) is 0 Å². The molecule has 0 amide bonds. The number of benzene rings is 1. The average Bonchev–Trinajstić information content (AvgIpc) is 2.86. The van der Waals surface area contributed by atoms with Crippen molar-refractivity contribution in [1.29, 1.82) is 0 Å². The second kappa shape index (κ2) is 3.14. The fourth-order valence-corrected chi connectivity index (χ4v) is 2.21. The first-order valence-electron chi connectivity index (χ1n) is 5.49. The Morgan fingerprint density at radius 1 is 1.50 bits per heavy atom. The minimum Gasteiger partial charge on any atom is -0.369 e. The lowest BCUT2D eigenvalue weighted by molar-refractivity contribution is 0.476. The van der Waals surface area contributed by atoms with Crippen LogP contribution in [-0.2, 0) is 6.54 Å². The van der Waals surface area contributed by atoms with Crippen molar-refractivity contribution < 1.29 is 0 Å². The molecule has 3 nitrogen and oxygen atoms in total. The number of rotatable bonds is 2. The van der Waals surface area contributed by atoms with Gasteiger partial charge < -0.3 is 10.3 Å². The zero-order chi connectivity index (χ0) is 11.3. The molecule has 1 aromatic heterocycles. The van der Waals surface area contributed by atoms with E-state index in [0.29, 0.717) is 16.4 Å². The van der Waals surface area contributed by atoms with Crippen LogP contribution in [0.25, 0.3) is 11.0 Å². The predicted octanol–water partition coefficient (Wildman–Crippen LogP) is 3.07. The molecule has 2 N–H and O–H groups in total. The Morgan fingerprint density at radius 2 is 2.25 bits per heavy atom. The van der Waals surface area contributed by atoms with Gasteiger partial charge in [0, 0.05) is 11.6 Å². The van der Waals surface area contributed by atoms with Crippen LogP contribution in [-0.4, -0.2) is 9.55 Å². The van der Waals surface area contributed by atoms with Crippen molar-refractivity contribution in [2.75, 3.05) is 5.73 Å². The molecule has 1 fully saturated rings. The van der Waals surface area contributed by atoms with E-state index in [1.54, 1.807) is 0 Å². The van der Waals surface area contributed by atoms with E-state index in [-0.39, 0.29) is 0 Å². The molecule has 1 saturated carbocycles. The Morgan fingerprint density at radius 3 is 2.94 bits per heavy atom. The largest absolute Gasteiger partial charge is 0.369 e. The molecule has 84 valence electrons. The average molecular weight is 236 g/mol. The summed E-state index contributed by atoms with van der Waals surface area (Å²) in [6.45, 7) is 3.24. The van der Waals surface area contributed by atoms with Crippen LogP contribution in [0.15, 0.2) is 18.2 Å². The second-order valence-electron chi connectivity index (χ2n) is 5.00. The van der Waals surface area contributed by atoms with Gasteiger partial charge in [-0.25, -0.2) is 4.98 Å². The number of hydrogen-bond donors (Lipinski definition) is 1. The first kappa shape index (κ1) is 9.97. The maximum atomic E-state index is 5.95. The van der Waals surface area contributed by atoms with Crippen molar-refractivity contribution in [2.45, 2.75) is 26.3 Å². The minimum absolute atomic E-state index is 0.418. The Kier molecular flexibility index (Phi) is 1.96. The highest BCUT2D eigenvalue weighted by atomic mass is 35.5. The first-order valence-corrected chi connectivity index (χ1v) is 5.86. The Balaban J connectivity index is 2.12. The molecule has 4 heteroatoms. The SMILES string of the molecule is CC1(Cn2c(N)nc3cc(Cl)ccc32)CC1. The van der Waals surface area contributed by atoms with Crippen molar-refractivity contribution in [1.82, 2.24) is 9.55 Å². The summed E-state index contributed by atoms with van der Waals surface area (Å²) in [5.41, 5.74) is 8.33. The van der Waals surface area contributed by atoms with Crippen molar-refractivity contribution in [2.24, 2.45) is 5.41 Å². The number of aromatic nitrogens is 2. The Hall–Kier alpha value is -1.22. The topological polar surface area (TPSA) is 43.8 Å². The van der Waals surface area contributed by atoms with Crippen LogP contribution in [0.2, 0.25) is 5.02 Å². The fraction of sp³-hybridized carbons (Fsp3) is 0.417. The van der Waals surface area contributed by atoms with Crippen LogP contribution < -0.4 is 5.73 Å². The van der Waals surface area contributed by atoms with Gasteiger partial charge in [-0.3, -0.25) is 0 Å². The molecule has 0 radical (unpaired) electrons. The lowest BCUT2D eigenvalue weighted by atomic mass is 10.1. The highest BCUT2D eigenvalue weighted by Crippen LogP contribution is 2.47. The molecular formula is C12H14ClN3. The summed E-state index contributed by atoms with van der Waals surface area (Å²) in [6, 6.07) is 5.74. The summed E-state index contributed by atoms with van der Waals surface area (Å²) in [7, 11) is 0. The van der Waals surface area contributed by atoms with Crippen molar-refractivity contribution >= 4 is 28.6 Å². The third kappa shape index (κ3) is 1.55. The number of fused-ring (bicyclic) bond motifs is 1. The predicted molar refractivity (Wildman–Crippen MR) is 66.5 cm³/mol. The molecule has 0 aliphatic heterocycles. The molecular weight excluding hydrogens is 222 g/mol. The van der Waals surface area contributed by atoms with Crippen LogP contribution in [0, 0.1) is 5.41 Å². The molecule has 1 aliphatic rings. The van der Waals surface area contributed by atoms with E-state index in [2.05, 4.69) is 16.5 Å². The second-order valence-corrected chi connectivity index (χ2v) is 5.44. The highest BCUT2D eigenvalue weighted by Gasteiger charge is 2.38. The van der Waals surface area contributed by atoms with Crippen molar-refractivity contribution in [3.8, 4) is 0 Å². The first-order chi connectivity index (χ1) is 7.57. The number of hydrogen-bond acceptors (Lipinski definition) is 2. The number of halogens is 1. The molecule has 1 aliphatic carbocycles. The summed E-state index contributed by atoms with van der Waals surface area (Å²) in [6.07, 6.45) is 2.55. The third-order valence-corrected chi connectivity index (χ3v) is 3.62. The standard InChI is InChI=1S/C12H14ClN3/c1-12(4-5-12)7-16-10-3-2-8(13)6-9(10)15-11(16)14/h2-3,6H,4-5,7H2,1H3,(H2,14,15). The van der Waals surface area contributed by atoms with Crippen molar-refractivity contribution in [3.05, 3.63) is 23.2 Å². The molecule has 1 aromatic carbocycles. The summed E-state index contributed by atoms with van der Waals surface area (Å²) >= 11 is 5.94. The molecule has 2 aromatic rings. The summed E-state index contributed by atoms with van der Waals surface area (Å²) in [5.74, 6) is 0.588. The van der Waals surface area contributed by atoms with Gasteiger partial charge in [-0.1, -0.05) is 18.5 Å². The molecule has 0 bridgehead atoms. The van der Waals surface area contributed by atoms with Gasteiger partial charge in [0.2, 0.25) is 5.95 Å². The fourth-order valence-electron chi connectivity index (χ4n) is 2.04. The lowest BCUT2D eigenvalue weighted by Crippen LogP contribution is -2.10. The van der Waals surface area contributed by atoms with E-state index in [4.69, 9.17) is 17.3 Å². The highest BCUT2D eigenvalue weighted by molar-refractivity contribution is 6.31. The smallest absolute Gasteiger partial charge is 0.201 e. The molecule has 1 heterocycles. The van der Waals surface area contributed by atoms with Gasteiger partial charge >= 0.3 is 0 Å². The van der Waals surface area contributed by atoms with E-state index < -0.39 is 0 Å². The number of nitrogens with zero attached hydrogens (tertiary/aromatic N) is 2. The number of imidazole rings is 1. The summed E-state index contributed by atoms with van der Waals surface area (Å²) in [5, 5.41) is 0.704. The van der Waals surface area contributed by atoms with Crippen molar-refractivity contribution in [3.63, 3.8) is 0 Å². The Labute approximate surface area is 99.2 Å². The lowest BCUT2D eigenvalue weighted by Gasteiger charge is -2.11. The zero-order valence-electron chi connectivity index (χ0n) is 9.20. The van der Waals surface area contributed by atoms with Gasteiger partial charge in [0.05, 0.1) is 11.0 Å². The van der Waals surface area contributed by atoms with Gasteiger partial charge in [-0.2, -0.15) is 0 Å². The summed E-state index contributed by atoms with van der Waals surface area (Å²) < 4.78 is 2.10. The quantitative estimate of drug-likeness (QED) is 0.870. The summed E-state index contributed by atoms with van der Waals surface area (Å²) in [4.78, 5) is 4.34. The number of nitrogen functional groups attached to an aromatic ring is 1. The van der Waals surface area contributed by atoms with Gasteiger partial charge in [0.15, 0.2) is 0 Å². The van der Waals surface area contributed by atoms with Crippen LogP contribution in [0.3, 0.4) is 0 Å². The van der Waals surface area contributed by atoms with E-state index in [0.717, 1.165) is 17.6 Å². The minimum atomic E-state index is 0.418. The van der Waals surface area contributed by atoms with Gasteiger partial charge in [0.25, 0.3) is 0 Å². The molecule has 3 rings (SSSR count). The van der Waals surface area contributed by atoms with Gasteiger partial charge in [0.1, 0.15) is 0 Å². The van der Waals surface area contributed by atoms with E-state index in [1.165, 1.54) is 12.8 Å². The molecule has 16 heavy (non-hydrogen) atoms. The molecule has 0 saturated heterocycles. The normalized spacial score (nSPS) is 17.9.